The minimum atomic E-state index is 0.0128. The van der Waals surface area contributed by atoms with Crippen molar-refractivity contribution in [3.63, 3.8) is 0 Å². The number of benzene rings is 5. The van der Waals surface area contributed by atoms with E-state index in [4.69, 9.17) is 9.97 Å². The molecule has 0 saturated heterocycles. The van der Waals surface area contributed by atoms with Crippen LogP contribution < -0.4 is 16.4 Å². The second-order valence-corrected chi connectivity index (χ2v) is 14.1. The van der Waals surface area contributed by atoms with Crippen LogP contribution in [0.5, 0.6) is 0 Å². The predicted molar refractivity (Wildman–Crippen MR) is 173 cm³/mol. The first-order chi connectivity index (χ1) is 19.6. The quantitative estimate of drug-likeness (QED) is 0.168. The van der Waals surface area contributed by atoms with Crippen molar-refractivity contribution in [3.8, 4) is 11.4 Å². The van der Waals surface area contributed by atoms with Crippen molar-refractivity contribution in [2.45, 2.75) is 52.4 Å². The summed E-state index contributed by atoms with van der Waals surface area (Å²) in [7, 11) is 0. The standard InChI is InChI=1S/C36H31BN4/c1-35(2,3)21-13-26-33-28(15-21)38-18-40(33)30-17-25-23-10-8-7-9-20(23)11-12-24(25)32-31(30)37(26)27-14-22(36(4,5)6)16-29-34(27)41(32)19-39-29/h7-19H,1-6H3. The molecule has 5 aromatic carbocycles. The molecule has 7 aromatic rings. The molecule has 0 bridgehead atoms. The van der Waals surface area contributed by atoms with Crippen molar-refractivity contribution in [2.75, 3.05) is 0 Å². The summed E-state index contributed by atoms with van der Waals surface area (Å²) >= 11 is 0. The summed E-state index contributed by atoms with van der Waals surface area (Å²) < 4.78 is 4.72. The molecule has 0 N–H and O–H groups in total. The minimum absolute atomic E-state index is 0.0128. The summed E-state index contributed by atoms with van der Waals surface area (Å²) in [4.78, 5) is 10.0. The van der Waals surface area contributed by atoms with Gasteiger partial charge in [-0.25, -0.2) is 9.97 Å². The molecule has 0 aliphatic carbocycles. The fourth-order valence-corrected chi connectivity index (χ4v) is 7.38. The second-order valence-electron chi connectivity index (χ2n) is 14.1. The van der Waals surface area contributed by atoms with E-state index in [1.807, 2.05) is 12.7 Å². The predicted octanol–water partition coefficient (Wildman–Crippen LogP) is 6.41. The van der Waals surface area contributed by atoms with Gasteiger partial charge in [0.25, 0.3) is 6.71 Å². The van der Waals surface area contributed by atoms with E-state index in [1.54, 1.807) is 0 Å². The molecule has 0 atom stereocenters. The van der Waals surface area contributed by atoms with Gasteiger partial charge in [-0.2, -0.15) is 0 Å². The van der Waals surface area contributed by atoms with Crippen LogP contribution in [0.3, 0.4) is 0 Å². The van der Waals surface area contributed by atoms with E-state index >= 15 is 0 Å². The fraction of sp³-hybridized carbons (Fsp3) is 0.222. The van der Waals surface area contributed by atoms with Gasteiger partial charge in [-0.1, -0.05) is 90.1 Å². The molecule has 0 fully saturated rings. The van der Waals surface area contributed by atoms with E-state index in [0.717, 1.165) is 11.0 Å². The number of nitrogens with zero attached hydrogens (tertiary/aromatic N) is 4. The molecule has 5 heteroatoms. The number of fused-ring (bicyclic) bond motifs is 8. The Balaban J connectivity index is 1.53. The largest absolute Gasteiger partial charge is 0.300 e. The van der Waals surface area contributed by atoms with Crippen molar-refractivity contribution >= 4 is 66.7 Å². The Labute approximate surface area is 239 Å². The number of imidazole rings is 2. The second kappa shape index (κ2) is 7.27. The average Bonchev–Trinajstić information content (AvgIpc) is 3.56. The van der Waals surface area contributed by atoms with Crippen LogP contribution >= 0.6 is 0 Å². The topological polar surface area (TPSA) is 35.6 Å². The van der Waals surface area contributed by atoms with Gasteiger partial charge in [0.2, 0.25) is 0 Å². The van der Waals surface area contributed by atoms with E-state index in [-0.39, 0.29) is 17.5 Å². The SMILES string of the molecule is CC(C)(C)c1cc2c3c(c1)ncn3-c1cc3c(ccc4ccccc43)c3c1B2c1cc(C(C)(C)C)cc2ncn-3c12. The normalized spacial score (nSPS) is 14.0. The zero-order chi connectivity index (χ0) is 28.0. The van der Waals surface area contributed by atoms with E-state index in [2.05, 4.69) is 117 Å². The maximum Gasteiger partial charge on any atom is 0.252 e. The molecule has 0 amide bonds. The van der Waals surface area contributed by atoms with Crippen LogP contribution in [-0.2, 0) is 10.8 Å². The van der Waals surface area contributed by atoms with Crippen LogP contribution in [-0.4, -0.2) is 25.8 Å². The van der Waals surface area contributed by atoms with Crippen molar-refractivity contribution < 1.29 is 0 Å². The van der Waals surface area contributed by atoms with Crippen LogP contribution in [0.2, 0.25) is 0 Å². The van der Waals surface area contributed by atoms with Crippen LogP contribution in [0.4, 0.5) is 0 Å². The summed E-state index contributed by atoms with van der Waals surface area (Å²) in [5.74, 6) is 0. The third-order valence-electron chi connectivity index (χ3n) is 9.53. The molecule has 0 saturated carbocycles. The molecule has 0 unspecified atom stereocenters. The zero-order valence-corrected chi connectivity index (χ0v) is 24.4. The summed E-state index contributed by atoms with van der Waals surface area (Å²) in [6.45, 7) is 13.9. The Hall–Kier alpha value is -4.38. The molecule has 9 rings (SSSR count). The monoisotopic (exact) mass is 530 g/mol. The van der Waals surface area contributed by atoms with Gasteiger partial charge >= 0.3 is 0 Å². The van der Waals surface area contributed by atoms with Gasteiger partial charge in [0.15, 0.2) is 0 Å². The maximum atomic E-state index is 5.04. The first-order valence-electron chi connectivity index (χ1n) is 14.6. The zero-order valence-electron chi connectivity index (χ0n) is 24.4. The van der Waals surface area contributed by atoms with Gasteiger partial charge in [-0.15, -0.1) is 0 Å². The molecule has 2 aliphatic heterocycles. The number of hydrogen-bond acceptors (Lipinski definition) is 2. The van der Waals surface area contributed by atoms with Crippen LogP contribution in [0, 0.1) is 0 Å². The number of hydrogen-bond donors (Lipinski definition) is 0. The molecule has 2 aliphatic rings. The lowest BCUT2D eigenvalue weighted by atomic mass is 9.33. The summed E-state index contributed by atoms with van der Waals surface area (Å²) in [5, 5.41) is 5.07. The molecule has 4 heterocycles. The Kier molecular flexibility index (Phi) is 4.14. The highest BCUT2D eigenvalue weighted by Gasteiger charge is 2.41. The van der Waals surface area contributed by atoms with E-state index in [9.17, 15) is 0 Å². The smallest absolute Gasteiger partial charge is 0.252 e. The Bertz CT molecular complexity index is 2290. The molecule has 41 heavy (non-hydrogen) atoms. The van der Waals surface area contributed by atoms with Gasteiger partial charge in [0.05, 0.1) is 27.8 Å². The first kappa shape index (κ1) is 23.3. The van der Waals surface area contributed by atoms with Crippen LogP contribution in [0.25, 0.3) is 55.0 Å². The highest BCUT2D eigenvalue weighted by atomic mass is 15.1. The van der Waals surface area contributed by atoms with E-state index in [1.165, 1.54) is 71.5 Å². The van der Waals surface area contributed by atoms with E-state index < -0.39 is 0 Å². The minimum Gasteiger partial charge on any atom is -0.300 e. The molecular formula is C36H31BN4. The molecule has 2 aromatic heterocycles. The average molecular weight is 530 g/mol. The highest BCUT2D eigenvalue weighted by Crippen LogP contribution is 2.38. The van der Waals surface area contributed by atoms with Gasteiger partial charge in [0, 0.05) is 11.1 Å². The lowest BCUT2D eigenvalue weighted by Gasteiger charge is -2.35. The lowest BCUT2D eigenvalue weighted by molar-refractivity contribution is 0.591. The van der Waals surface area contributed by atoms with Crippen molar-refractivity contribution in [2.24, 2.45) is 0 Å². The van der Waals surface area contributed by atoms with Crippen molar-refractivity contribution in [1.29, 1.82) is 0 Å². The van der Waals surface area contributed by atoms with Gasteiger partial charge in [-0.05, 0) is 72.7 Å². The molecule has 4 nitrogen and oxygen atoms in total. The van der Waals surface area contributed by atoms with Crippen LogP contribution in [0.15, 0.2) is 79.4 Å². The molecular weight excluding hydrogens is 499 g/mol. The third-order valence-corrected chi connectivity index (χ3v) is 9.53. The van der Waals surface area contributed by atoms with Crippen molar-refractivity contribution in [3.05, 3.63) is 90.5 Å². The molecule has 0 radical (unpaired) electrons. The van der Waals surface area contributed by atoms with Gasteiger partial charge in [-0.3, -0.25) is 9.13 Å². The third kappa shape index (κ3) is 2.91. The first-order valence-corrected chi connectivity index (χ1v) is 14.6. The Morgan fingerprint density at radius 1 is 0.610 bits per heavy atom. The molecule has 0 spiro atoms. The fourth-order valence-electron chi connectivity index (χ4n) is 7.38. The van der Waals surface area contributed by atoms with Crippen molar-refractivity contribution in [1.82, 2.24) is 19.1 Å². The van der Waals surface area contributed by atoms with E-state index in [0.29, 0.717) is 0 Å². The summed E-state index contributed by atoms with van der Waals surface area (Å²) in [6.07, 6.45) is 4.08. The molecule has 198 valence electrons. The number of rotatable bonds is 0. The lowest BCUT2D eigenvalue weighted by Crippen LogP contribution is -2.59. The Morgan fingerprint density at radius 3 is 1.88 bits per heavy atom. The maximum absolute atomic E-state index is 5.04. The summed E-state index contributed by atoms with van der Waals surface area (Å²) in [6, 6.07) is 25.2. The highest BCUT2D eigenvalue weighted by molar-refractivity contribution is 7.00. The number of aromatic nitrogens is 4. The Morgan fingerprint density at radius 2 is 1.22 bits per heavy atom. The van der Waals surface area contributed by atoms with Gasteiger partial charge < -0.3 is 0 Å². The summed E-state index contributed by atoms with van der Waals surface area (Å²) in [5.41, 5.74) is 13.8. The van der Waals surface area contributed by atoms with Crippen LogP contribution in [0.1, 0.15) is 52.7 Å². The van der Waals surface area contributed by atoms with Gasteiger partial charge in [0.1, 0.15) is 12.7 Å².